The van der Waals surface area contributed by atoms with Gasteiger partial charge in [-0.15, -0.1) is 0 Å². The van der Waals surface area contributed by atoms with Crippen LogP contribution in [0.5, 0.6) is 0 Å². The molecule has 6 rings (SSSR count). The molecule has 0 radical (unpaired) electrons. The van der Waals surface area contributed by atoms with Crippen molar-refractivity contribution in [1.82, 2.24) is 10.3 Å². The highest BCUT2D eigenvalue weighted by molar-refractivity contribution is 5.91. The lowest BCUT2D eigenvalue weighted by atomic mass is 9.84. The lowest BCUT2D eigenvalue weighted by Gasteiger charge is -2.40. The van der Waals surface area contributed by atoms with Gasteiger partial charge in [0.1, 0.15) is 5.82 Å². The van der Waals surface area contributed by atoms with Gasteiger partial charge in [-0.1, -0.05) is 12.5 Å². The number of nitrogens with one attached hydrogen (secondary N) is 2. The van der Waals surface area contributed by atoms with Gasteiger partial charge in [0.2, 0.25) is 0 Å². The molecule has 2 fully saturated rings. The molecular formula is C18H23N3. The fraction of sp³-hybridized carbons (Fsp3) is 0.556. The van der Waals surface area contributed by atoms with Gasteiger partial charge in [0, 0.05) is 35.6 Å². The molecule has 0 saturated carbocycles. The third-order valence-corrected chi connectivity index (χ3v) is 5.77. The Kier molecular flexibility index (Phi) is 2.60. The lowest BCUT2D eigenvalue weighted by molar-refractivity contribution is 0.412. The molecule has 2 N–H and O–H groups in total. The molecule has 0 spiro atoms. The molecule has 4 aliphatic rings. The molecule has 2 bridgehead atoms. The topological polar surface area (TPSA) is 31.1 Å². The van der Waals surface area contributed by atoms with E-state index in [9.17, 15) is 0 Å². The molecule has 1 aromatic carbocycles. The number of piperidine rings is 2. The number of anilines is 1. The van der Waals surface area contributed by atoms with E-state index in [1.165, 1.54) is 74.0 Å². The van der Waals surface area contributed by atoms with Crippen LogP contribution in [-0.4, -0.2) is 24.6 Å². The summed E-state index contributed by atoms with van der Waals surface area (Å²) in [5.74, 6) is 2.20. The number of H-pyrrole nitrogens is 1. The minimum absolute atomic E-state index is 0.565. The largest absolute Gasteiger partial charge is 0.358 e. The summed E-state index contributed by atoms with van der Waals surface area (Å²) in [4.78, 5) is 6.23. The van der Waals surface area contributed by atoms with Crippen molar-refractivity contribution in [2.24, 2.45) is 0 Å². The summed E-state index contributed by atoms with van der Waals surface area (Å²) in [5, 5.41) is 5.18. The first-order chi connectivity index (χ1) is 10.4. The first-order valence-corrected chi connectivity index (χ1v) is 8.54. The van der Waals surface area contributed by atoms with E-state index in [0.717, 1.165) is 5.92 Å². The van der Waals surface area contributed by atoms with Crippen LogP contribution in [0.2, 0.25) is 0 Å². The third-order valence-electron chi connectivity index (χ3n) is 5.77. The molecule has 110 valence electrons. The monoisotopic (exact) mass is 281 g/mol. The van der Waals surface area contributed by atoms with Crippen molar-refractivity contribution in [3.63, 3.8) is 0 Å². The minimum Gasteiger partial charge on any atom is -0.358 e. The number of aromatic nitrogens is 1. The number of rotatable bonds is 1. The van der Waals surface area contributed by atoms with E-state index in [4.69, 9.17) is 0 Å². The molecule has 1 unspecified atom stereocenters. The zero-order valence-corrected chi connectivity index (χ0v) is 12.5. The van der Waals surface area contributed by atoms with Crippen LogP contribution in [-0.2, 0) is 0 Å². The molecule has 0 amide bonds. The Balaban J connectivity index is 1.63. The van der Waals surface area contributed by atoms with Crippen LogP contribution in [0.1, 0.15) is 55.2 Å². The van der Waals surface area contributed by atoms with E-state index in [0.29, 0.717) is 6.04 Å². The summed E-state index contributed by atoms with van der Waals surface area (Å²) < 4.78 is 0. The maximum atomic E-state index is 3.69. The van der Waals surface area contributed by atoms with E-state index < -0.39 is 0 Å². The van der Waals surface area contributed by atoms with E-state index in [-0.39, 0.29) is 0 Å². The van der Waals surface area contributed by atoms with Gasteiger partial charge in [-0.05, 0) is 55.8 Å². The van der Waals surface area contributed by atoms with Gasteiger partial charge < -0.3 is 15.2 Å². The Hall–Kier alpha value is -1.48. The molecular weight excluding hydrogens is 258 g/mol. The van der Waals surface area contributed by atoms with Crippen molar-refractivity contribution in [3.8, 4) is 0 Å². The predicted molar refractivity (Wildman–Crippen MR) is 87.1 cm³/mol. The van der Waals surface area contributed by atoms with Crippen molar-refractivity contribution in [1.29, 1.82) is 0 Å². The Bertz CT molecular complexity index is 673. The summed E-state index contributed by atoms with van der Waals surface area (Å²) in [6, 6.07) is 7.66. The maximum Gasteiger partial charge on any atom is 0.110 e. The van der Waals surface area contributed by atoms with E-state index in [1.54, 1.807) is 5.56 Å². The van der Waals surface area contributed by atoms with Gasteiger partial charge in [0.15, 0.2) is 0 Å². The summed E-state index contributed by atoms with van der Waals surface area (Å²) in [7, 11) is 0. The van der Waals surface area contributed by atoms with Gasteiger partial charge >= 0.3 is 0 Å². The second-order valence-corrected chi connectivity index (χ2v) is 6.96. The highest BCUT2D eigenvalue weighted by Crippen LogP contribution is 2.46. The molecule has 2 saturated heterocycles. The van der Waals surface area contributed by atoms with Crippen LogP contribution in [0.4, 0.5) is 5.82 Å². The molecule has 4 aliphatic heterocycles. The number of aromatic amines is 1. The number of fused-ring (bicyclic) bond motifs is 3. The van der Waals surface area contributed by atoms with Crippen LogP contribution < -0.4 is 10.2 Å². The second-order valence-electron chi connectivity index (χ2n) is 6.96. The molecule has 0 aliphatic carbocycles. The lowest BCUT2D eigenvalue weighted by Crippen LogP contribution is -2.38. The van der Waals surface area contributed by atoms with Crippen molar-refractivity contribution >= 4 is 16.7 Å². The number of nitrogens with zero attached hydrogens (tertiary/aromatic N) is 1. The van der Waals surface area contributed by atoms with Gasteiger partial charge in [-0.25, -0.2) is 0 Å². The Morgan fingerprint density at radius 1 is 1.05 bits per heavy atom. The molecule has 1 aromatic heterocycles. The van der Waals surface area contributed by atoms with E-state index >= 15 is 0 Å². The van der Waals surface area contributed by atoms with E-state index in [2.05, 4.69) is 33.4 Å². The average Bonchev–Trinajstić information content (AvgIpc) is 2.97. The first-order valence-electron chi connectivity index (χ1n) is 8.54. The molecule has 3 nitrogen and oxygen atoms in total. The minimum atomic E-state index is 0.565. The molecule has 1 atom stereocenters. The average molecular weight is 281 g/mol. The van der Waals surface area contributed by atoms with Gasteiger partial charge in [-0.3, -0.25) is 0 Å². The zero-order chi connectivity index (χ0) is 13.8. The van der Waals surface area contributed by atoms with Crippen LogP contribution in [0.3, 0.4) is 0 Å². The van der Waals surface area contributed by atoms with Gasteiger partial charge in [0.05, 0.1) is 0 Å². The molecule has 3 heteroatoms. The maximum absolute atomic E-state index is 3.69. The number of benzene rings is 1. The molecule has 5 heterocycles. The fourth-order valence-corrected chi connectivity index (χ4v) is 4.62. The number of hydrogen-bond acceptors (Lipinski definition) is 2. The Morgan fingerprint density at radius 3 is 2.76 bits per heavy atom. The first kappa shape index (κ1) is 12.1. The molecule has 2 aromatic rings. The summed E-state index contributed by atoms with van der Waals surface area (Å²) >= 11 is 0. The quantitative estimate of drug-likeness (QED) is 0.835. The third kappa shape index (κ3) is 1.76. The highest BCUT2D eigenvalue weighted by Gasteiger charge is 2.34. The standard InChI is InChI=1S/C18H23N3/c1-2-8-19-15(3-1)13-4-5-16-14(11-13)17-12-6-9-21(10-7-12)18(17)20-16/h4-5,11-12,15,19-20H,1-3,6-10H2. The summed E-state index contributed by atoms with van der Waals surface area (Å²) in [5.41, 5.74) is 4.43. The summed E-state index contributed by atoms with van der Waals surface area (Å²) in [6.45, 7) is 3.65. The number of hydrogen-bond donors (Lipinski definition) is 2. The molecule has 21 heavy (non-hydrogen) atoms. The van der Waals surface area contributed by atoms with Crippen molar-refractivity contribution in [3.05, 3.63) is 29.3 Å². The SMILES string of the molecule is c1cc2[nH]c3c(c2cc1C1CCCCN1)C1CCN3CC1. The normalized spacial score (nSPS) is 25.5. The predicted octanol–water partition coefficient (Wildman–Crippen LogP) is 3.68. The van der Waals surface area contributed by atoms with Crippen LogP contribution >= 0.6 is 0 Å². The Labute approximate surface area is 125 Å². The summed E-state index contributed by atoms with van der Waals surface area (Å²) in [6.07, 6.45) is 6.65. The zero-order valence-electron chi connectivity index (χ0n) is 12.5. The second kappa shape index (κ2) is 4.51. The van der Waals surface area contributed by atoms with Crippen molar-refractivity contribution in [2.45, 2.75) is 44.1 Å². The fourth-order valence-electron chi connectivity index (χ4n) is 4.62. The van der Waals surface area contributed by atoms with Crippen LogP contribution in [0, 0.1) is 0 Å². The smallest absolute Gasteiger partial charge is 0.110 e. The highest BCUT2D eigenvalue weighted by atomic mass is 15.2. The van der Waals surface area contributed by atoms with Crippen molar-refractivity contribution < 1.29 is 0 Å². The van der Waals surface area contributed by atoms with Gasteiger partial charge in [-0.2, -0.15) is 0 Å². The van der Waals surface area contributed by atoms with Crippen LogP contribution in [0.15, 0.2) is 18.2 Å². The van der Waals surface area contributed by atoms with Crippen molar-refractivity contribution in [2.75, 3.05) is 24.5 Å². The van der Waals surface area contributed by atoms with Gasteiger partial charge in [0.25, 0.3) is 0 Å². The van der Waals surface area contributed by atoms with Crippen LogP contribution in [0.25, 0.3) is 10.9 Å². The van der Waals surface area contributed by atoms with E-state index in [1.807, 2.05) is 0 Å². The Morgan fingerprint density at radius 2 is 1.95 bits per heavy atom.